The minimum atomic E-state index is -5.08. The maximum Gasteiger partial charge on any atom is 0.490 e. The Morgan fingerprint density at radius 3 is 2.67 bits per heavy atom. The van der Waals surface area contributed by atoms with Crippen LogP contribution in [0.2, 0.25) is 0 Å². The fraction of sp³-hybridized carbons (Fsp3) is 0.476. The predicted octanol–water partition coefficient (Wildman–Crippen LogP) is 2.60. The second kappa shape index (κ2) is 10.6. The number of aliphatic carboxylic acids is 1. The summed E-state index contributed by atoms with van der Waals surface area (Å²) in [6.07, 6.45) is 4.50. The average Bonchev–Trinajstić information content (AvgIpc) is 3.19. The van der Waals surface area contributed by atoms with Crippen LogP contribution in [0.3, 0.4) is 0 Å². The number of pyridine rings is 1. The van der Waals surface area contributed by atoms with E-state index in [4.69, 9.17) is 19.4 Å². The molecule has 2 aromatic heterocycles. The smallest absolute Gasteiger partial charge is 0.490 e. The van der Waals surface area contributed by atoms with Crippen LogP contribution < -0.4 is 4.74 Å². The molecule has 3 heterocycles. The van der Waals surface area contributed by atoms with E-state index in [0.29, 0.717) is 31.9 Å². The van der Waals surface area contributed by atoms with Crippen molar-refractivity contribution in [3.05, 3.63) is 48.5 Å². The lowest BCUT2D eigenvalue weighted by Gasteiger charge is -2.44. The molecule has 0 unspecified atom stereocenters. The van der Waals surface area contributed by atoms with Gasteiger partial charge in [0.2, 0.25) is 0 Å². The molecule has 1 aliphatic carbocycles. The van der Waals surface area contributed by atoms with E-state index in [2.05, 4.69) is 15.2 Å². The molecule has 1 spiro atoms. The Bertz CT molecular complexity index is 933. The number of amides is 1. The SMILES string of the molecule is O=C(O)C(F)(F)F.O=C(c1ccnnc1)N1CCO[C@]2(CCC[C@@H]2COc2cccnc2)C1. The zero-order valence-electron chi connectivity index (χ0n) is 17.6. The fourth-order valence-corrected chi connectivity index (χ4v) is 3.96. The van der Waals surface area contributed by atoms with Crippen molar-refractivity contribution in [3.8, 4) is 5.75 Å². The molecule has 2 aromatic rings. The summed E-state index contributed by atoms with van der Waals surface area (Å²) < 4.78 is 43.9. The van der Waals surface area contributed by atoms with Crippen LogP contribution in [0, 0.1) is 5.92 Å². The molecule has 0 aromatic carbocycles. The lowest BCUT2D eigenvalue weighted by Crippen LogP contribution is -2.56. The van der Waals surface area contributed by atoms with Crippen molar-refractivity contribution in [1.29, 1.82) is 0 Å². The normalized spacial score (nSPS) is 22.4. The highest BCUT2D eigenvalue weighted by molar-refractivity contribution is 5.93. The molecule has 1 amide bonds. The first-order chi connectivity index (χ1) is 15.7. The molecular weight excluding hydrogens is 445 g/mol. The highest BCUT2D eigenvalue weighted by atomic mass is 19.4. The monoisotopic (exact) mass is 468 g/mol. The summed E-state index contributed by atoms with van der Waals surface area (Å²) >= 11 is 0. The second-order valence-corrected chi connectivity index (χ2v) is 7.66. The number of alkyl halides is 3. The van der Waals surface area contributed by atoms with Crippen LogP contribution in [0.5, 0.6) is 5.75 Å². The molecule has 0 radical (unpaired) electrons. The van der Waals surface area contributed by atoms with E-state index in [9.17, 15) is 18.0 Å². The van der Waals surface area contributed by atoms with E-state index in [1.807, 2.05) is 17.0 Å². The molecule has 9 nitrogen and oxygen atoms in total. The number of carboxylic acid groups (broad SMARTS) is 1. The molecule has 1 aliphatic heterocycles. The first-order valence-electron chi connectivity index (χ1n) is 10.2. The van der Waals surface area contributed by atoms with Gasteiger partial charge in [-0.25, -0.2) is 4.79 Å². The Hall–Kier alpha value is -3.28. The van der Waals surface area contributed by atoms with Gasteiger partial charge in [-0.15, -0.1) is 0 Å². The van der Waals surface area contributed by atoms with Crippen LogP contribution in [0.1, 0.15) is 29.6 Å². The van der Waals surface area contributed by atoms with Crippen molar-refractivity contribution in [2.24, 2.45) is 5.92 Å². The highest BCUT2D eigenvalue weighted by Gasteiger charge is 2.48. The van der Waals surface area contributed by atoms with Crippen molar-refractivity contribution < 1.29 is 37.3 Å². The number of rotatable bonds is 4. The summed E-state index contributed by atoms with van der Waals surface area (Å²) in [5.41, 5.74) is 0.245. The molecule has 2 aliphatic rings. The summed E-state index contributed by atoms with van der Waals surface area (Å²) in [7, 11) is 0. The van der Waals surface area contributed by atoms with Gasteiger partial charge in [-0.3, -0.25) is 9.78 Å². The molecule has 1 saturated heterocycles. The van der Waals surface area contributed by atoms with Crippen LogP contribution in [-0.2, 0) is 9.53 Å². The first-order valence-corrected chi connectivity index (χ1v) is 10.2. The molecule has 1 N–H and O–H groups in total. The zero-order chi connectivity index (χ0) is 23.9. The largest absolute Gasteiger partial charge is 0.492 e. The minimum absolute atomic E-state index is 0.0126. The van der Waals surface area contributed by atoms with Crippen LogP contribution in [-0.4, -0.2) is 75.1 Å². The number of carboxylic acids is 1. The number of halogens is 3. The van der Waals surface area contributed by atoms with E-state index in [1.54, 1.807) is 24.7 Å². The van der Waals surface area contributed by atoms with Crippen molar-refractivity contribution in [1.82, 2.24) is 20.1 Å². The van der Waals surface area contributed by atoms with Crippen molar-refractivity contribution in [2.45, 2.75) is 31.0 Å². The number of aromatic nitrogens is 3. The van der Waals surface area contributed by atoms with E-state index in [-0.39, 0.29) is 17.4 Å². The second-order valence-electron chi connectivity index (χ2n) is 7.66. The third-order valence-corrected chi connectivity index (χ3v) is 5.55. The summed E-state index contributed by atoms with van der Waals surface area (Å²) in [5.74, 6) is -1.75. The number of morpholine rings is 1. The number of carbonyl (C=O) groups excluding carboxylic acids is 1. The lowest BCUT2D eigenvalue weighted by atomic mass is 9.89. The molecule has 178 valence electrons. The van der Waals surface area contributed by atoms with E-state index < -0.39 is 12.1 Å². The van der Waals surface area contributed by atoms with E-state index in [1.165, 1.54) is 6.20 Å². The Labute approximate surface area is 187 Å². The van der Waals surface area contributed by atoms with Gasteiger partial charge in [0.1, 0.15) is 5.75 Å². The standard InChI is InChI=1S/C19H22N4O3.C2HF3O2/c24-18(15-5-8-21-22-11-15)23-9-10-26-19(14-23)6-1-3-16(19)13-25-17-4-2-7-20-12-17;3-2(4,5)1(6)7/h2,4-5,7-8,11-12,16H,1,3,6,9-10,13-14H2;(H,6,7)/t16-,19-;/m1./s1. The van der Waals surface area contributed by atoms with Gasteiger partial charge in [-0.2, -0.15) is 23.4 Å². The Morgan fingerprint density at radius 1 is 1.24 bits per heavy atom. The Kier molecular flexibility index (Phi) is 7.79. The lowest BCUT2D eigenvalue weighted by molar-refractivity contribution is -0.192. The molecule has 4 rings (SSSR count). The summed E-state index contributed by atoms with van der Waals surface area (Å²) in [4.78, 5) is 27.6. The van der Waals surface area contributed by atoms with Crippen LogP contribution in [0.15, 0.2) is 43.0 Å². The number of carbonyl (C=O) groups is 2. The van der Waals surface area contributed by atoms with Gasteiger partial charge in [0, 0.05) is 18.7 Å². The van der Waals surface area contributed by atoms with E-state index >= 15 is 0 Å². The summed E-state index contributed by atoms with van der Waals surface area (Å²) in [5, 5.41) is 14.7. The maximum absolute atomic E-state index is 12.8. The number of hydrogen-bond acceptors (Lipinski definition) is 7. The van der Waals surface area contributed by atoms with Crippen molar-refractivity contribution in [2.75, 3.05) is 26.3 Å². The van der Waals surface area contributed by atoms with Gasteiger partial charge in [0.25, 0.3) is 5.91 Å². The van der Waals surface area contributed by atoms with Gasteiger partial charge in [0.15, 0.2) is 0 Å². The Morgan fingerprint density at radius 2 is 2.03 bits per heavy atom. The molecule has 1 saturated carbocycles. The Balaban J connectivity index is 0.000000383. The quantitative estimate of drug-likeness (QED) is 0.728. The molecule has 33 heavy (non-hydrogen) atoms. The van der Waals surface area contributed by atoms with Gasteiger partial charge >= 0.3 is 12.1 Å². The van der Waals surface area contributed by atoms with Crippen LogP contribution >= 0.6 is 0 Å². The van der Waals surface area contributed by atoms with Crippen molar-refractivity contribution in [3.63, 3.8) is 0 Å². The summed E-state index contributed by atoms with van der Waals surface area (Å²) in [6.45, 7) is 2.31. The van der Waals surface area contributed by atoms with E-state index in [0.717, 1.165) is 25.0 Å². The number of nitrogens with zero attached hydrogens (tertiary/aromatic N) is 4. The third-order valence-electron chi connectivity index (χ3n) is 5.55. The molecule has 2 fully saturated rings. The highest BCUT2D eigenvalue weighted by Crippen LogP contribution is 2.41. The van der Waals surface area contributed by atoms with Gasteiger partial charge in [-0.1, -0.05) is 0 Å². The zero-order valence-corrected chi connectivity index (χ0v) is 17.6. The average molecular weight is 468 g/mol. The summed E-state index contributed by atoms with van der Waals surface area (Å²) in [6, 6.07) is 5.47. The first kappa shape index (κ1) is 24.4. The van der Waals surface area contributed by atoms with Crippen LogP contribution in [0.25, 0.3) is 0 Å². The third kappa shape index (κ3) is 6.37. The van der Waals surface area contributed by atoms with Crippen LogP contribution in [0.4, 0.5) is 13.2 Å². The molecule has 2 atom stereocenters. The van der Waals surface area contributed by atoms with Gasteiger partial charge in [0.05, 0.1) is 49.5 Å². The topological polar surface area (TPSA) is 115 Å². The van der Waals surface area contributed by atoms with Gasteiger partial charge in [-0.05, 0) is 37.5 Å². The van der Waals surface area contributed by atoms with Gasteiger partial charge < -0.3 is 19.5 Å². The minimum Gasteiger partial charge on any atom is -0.492 e. The maximum atomic E-state index is 12.8. The number of hydrogen-bond donors (Lipinski definition) is 1. The van der Waals surface area contributed by atoms with Crippen molar-refractivity contribution >= 4 is 11.9 Å². The number of ether oxygens (including phenoxy) is 2. The fourth-order valence-electron chi connectivity index (χ4n) is 3.96. The molecule has 0 bridgehead atoms. The predicted molar refractivity (Wildman–Crippen MR) is 107 cm³/mol. The molecular formula is C21H23F3N4O5. The molecule has 12 heteroatoms.